The van der Waals surface area contributed by atoms with E-state index in [1.165, 1.54) is 19.3 Å². The van der Waals surface area contributed by atoms with Gasteiger partial charge in [-0.3, -0.25) is 8.75 Å². The maximum absolute atomic E-state index is 11.3. The molecule has 0 spiro atoms. The fourth-order valence-corrected chi connectivity index (χ4v) is 2.19. The largest absolute Gasteiger partial charge is 0.268 e. The molecule has 2 nitrogen and oxygen atoms in total. The molecule has 0 unspecified atom stereocenters. The molecule has 1 aromatic heterocycles. The fourth-order valence-electron chi connectivity index (χ4n) is 1.33. The van der Waals surface area contributed by atoms with Gasteiger partial charge in [-0.05, 0) is 13.3 Å². The summed E-state index contributed by atoms with van der Waals surface area (Å²) in [5.41, 5.74) is 0.166. The van der Waals surface area contributed by atoms with Crippen LogP contribution in [-0.2, 0) is 6.54 Å². The summed E-state index contributed by atoms with van der Waals surface area (Å²) in [5, 5.41) is 0. The lowest BCUT2D eigenvalue weighted by atomic mass is 10.2. The molecule has 0 aliphatic rings. The van der Waals surface area contributed by atoms with Crippen molar-refractivity contribution >= 4 is 11.5 Å². The summed E-state index contributed by atoms with van der Waals surface area (Å²) in [4.78, 5) is 12.4. The Morgan fingerprint density at radius 2 is 2.15 bits per heavy atom. The van der Waals surface area contributed by atoms with Crippen molar-refractivity contribution in [3.8, 4) is 0 Å². The quantitative estimate of drug-likeness (QED) is 0.668. The zero-order valence-electron chi connectivity index (χ0n) is 8.38. The molecule has 1 rings (SSSR count). The Balaban J connectivity index is 2.36. The summed E-state index contributed by atoms with van der Waals surface area (Å²) in [6, 6.07) is 1.71. The zero-order chi connectivity index (χ0) is 9.68. The molecule has 0 fully saturated rings. The zero-order valence-corrected chi connectivity index (χ0v) is 9.19. The van der Waals surface area contributed by atoms with Crippen LogP contribution in [0.15, 0.2) is 10.9 Å². The van der Waals surface area contributed by atoms with Crippen LogP contribution in [0, 0.1) is 6.92 Å². The first-order chi connectivity index (χ1) is 6.24. The molecule has 0 aromatic carbocycles. The third-order valence-electron chi connectivity index (χ3n) is 2.04. The van der Waals surface area contributed by atoms with Gasteiger partial charge in [0.05, 0.1) is 0 Å². The molecule has 0 amide bonds. The van der Waals surface area contributed by atoms with Crippen LogP contribution in [0.2, 0.25) is 0 Å². The van der Waals surface area contributed by atoms with Crippen molar-refractivity contribution in [2.75, 3.05) is 0 Å². The van der Waals surface area contributed by atoms with Gasteiger partial charge in [0.25, 0.3) is 5.56 Å². The highest BCUT2D eigenvalue weighted by Crippen LogP contribution is 2.06. The molecule has 0 atom stereocenters. The van der Waals surface area contributed by atoms with Crippen molar-refractivity contribution < 1.29 is 0 Å². The van der Waals surface area contributed by atoms with E-state index >= 15 is 0 Å². The number of hydrogen-bond donors (Lipinski definition) is 0. The Kier molecular flexibility index (Phi) is 4.22. The molecule has 0 radical (unpaired) electrons. The van der Waals surface area contributed by atoms with Crippen molar-refractivity contribution in [1.29, 1.82) is 0 Å². The third kappa shape index (κ3) is 3.35. The first kappa shape index (κ1) is 10.5. The summed E-state index contributed by atoms with van der Waals surface area (Å²) in [6.07, 6.45) is 4.89. The van der Waals surface area contributed by atoms with Crippen LogP contribution in [0.5, 0.6) is 0 Å². The lowest BCUT2D eigenvalue weighted by molar-refractivity contribution is 0.599. The fraction of sp³-hybridized carbons (Fsp3) is 0.700. The van der Waals surface area contributed by atoms with Crippen LogP contribution >= 0.6 is 11.5 Å². The molecule has 13 heavy (non-hydrogen) atoms. The number of hydrogen-bond acceptors (Lipinski definition) is 2. The van der Waals surface area contributed by atoms with Gasteiger partial charge in [0.15, 0.2) is 0 Å². The van der Waals surface area contributed by atoms with E-state index in [1.807, 2.05) is 10.9 Å². The van der Waals surface area contributed by atoms with Gasteiger partial charge >= 0.3 is 0 Å². The second-order valence-electron chi connectivity index (χ2n) is 3.35. The molecule has 3 heteroatoms. The van der Waals surface area contributed by atoms with Crippen LogP contribution in [0.25, 0.3) is 0 Å². The monoisotopic (exact) mass is 199 g/mol. The Morgan fingerprint density at radius 3 is 2.69 bits per heavy atom. The summed E-state index contributed by atoms with van der Waals surface area (Å²) >= 11 is 1.58. The highest BCUT2D eigenvalue weighted by molar-refractivity contribution is 7.06. The Hall–Kier alpha value is -0.570. The van der Waals surface area contributed by atoms with Crippen molar-refractivity contribution in [2.24, 2.45) is 0 Å². The topological polar surface area (TPSA) is 22.0 Å². The number of aromatic nitrogens is 1. The second kappa shape index (κ2) is 5.22. The van der Waals surface area contributed by atoms with Crippen LogP contribution in [0.4, 0.5) is 0 Å². The molecular weight excluding hydrogens is 182 g/mol. The Bertz CT molecular complexity index is 300. The minimum Gasteiger partial charge on any atom is -0.268 e. The molecule has 1 heterocycles. The smallest absolute Gasteiger partial charge is 0.260 e. The van der Waals surface area contributed by atoms with E-state index in [4.69, 9.17) is 0 Å². The van der Waals surface area contributed by atoms with Crippen molar-refractivity contribution in [2.45, 2.75) is 46.1 Å². The Morgan fingerprint density at radius 1 is 1.38 bits per heavy atom. The maximum atomic E-state index is 11.3. The average Bonchev–Trinajstić information content (AvgIpc) is 2.39. The lowest BCUT2D eigenvalue weighted by Gasteiger charge is -1.99. The van der Waals surface area contributed by atoms with Crippen LogP contribution in [0.3, 0.4) is 0 Å². The van der Waals surface area contributed by atoms with E-state index in [0.717, 1.165) is 17.8 Å². The standard InChI is InChI=1S/C10H17NOS/c1-3-4-5-6-7-11-10(12)8-9(2)13-11/h8H,3-7H2,1-2H3. The highest BCUT2D eigenvalue weighted by Gasteiger charge is 1.99. The van der Waals surface area contributed by atoms with Gasteiger partial charge in [-0.2, -0.15) is 0 Å². The number of aryl methyl sites for hydroxylation is 2. The molecule has 0 aliphatic heterocycles. The first-order valence-corrected chi connectivity index (χ1v) is 5.69. The summed E-state index contributed by atoms with van der Waals surface area (Å²) in [5.74, 6) is 0. The highest BCUT2D eigenvalue weighted by atomic mass is 32.1. The van der Waals surface area contributed by atoms with Crippen LogP contribution in [0.1, 0.15) is 37.5 Å². The molecule has 1 aromatic rings. The minimum absolute atomic E-state index is 0.166. The molecule has 0 saturated carbocycles. The Labute approximate surface area is 83.4 Å². The summed E-state index contributed by atoms with van der Waals surface area (Å²) in [6.45, 7) is 5.08. The van der Waals surface area contributed by atoms with E-state index in [-0.39, 0.29) is 5.56 Å². The summed E-state index contributed by atoms with van der Waals surface area (Å²) in [7, 11) is 0. The minimum atomic E-state index is 0.166. The van der Waals surface area contributed by atoms with E-state index in [2.05, 4.69) is 6.92 Å². The lowest BCUT2D eigenvalue weighted by Crippen LogP contribution is -2.11. The van der Waals surface area contributed by atoms with E-state index in [0.29, 0.717) is 0 Å². The van der Waals surface area contributed by atoms with Crippen LogP contribution < -0.4 is 5.56 Å². The van der Waals surface area contributed by atoms with Crippen LogP contribution in [-0.4, -0.2) is 3.96 Å². The predicted molar refractivity (Wildman–Crippen MR) is 57.5 cm³/mol. The van der Waals surface area contributed by atoms with E-state index < -0.39 is 0 Å². The SMILES string of the molecule is CCCCCCn1sc(C)cc1=O. The van der Waals surface area contributed by atoms with Gasteiger partial charge < -0.3 is 0 Å². The van der Waals surface area contributed by atoms with Gasteiger partial charge in [-0.1, -0.05) is 37.7 Å². The van der Waals surface area contributed by atoms with Crippen molar-refractivity contribution in [3.05, 3.63) is 21.3 Å². The van der Waals surface area contributed by atoms with Gasteiger partial charge in [-0.15, -0.1) is 0 Å². The average molecular weight is 199 g/mol. The van der Waals surface area contributed by atoms with Gasteiger partial charge in [-0.25, -0.2) is 0 Å². The molecule has 74 valence electrons. The normalized spacial score (nSPS) is 10.6. The molecule has 0 saturated heterocycles. The first-order valence-electron chi connectivity index (χ1n) is 4.92. The molecule has 0 N–H and O–H groups in total. The van der Waals surface area contributed by atoms with Crippen molar-refractivity contribution in [1.82, 2.24) is 3.96 Å². The van der Waals surface area contributed by atoms with E-state index in [1.54, 1.807) is 17.6 Å². The molecule has 0 aliphatic carbocycles. The molecular formula is C10H17NOS. The predicted octanol–water partition coefficient (Wildman–Crippen LogP) is 2.80. The van der Waals surface area contributed by atoms with E-state index in [9.17, 15) is 4.79 Å². The number of nitrogens with zero attached hydrogens (tertiary/aromatic N) is 1. The summed E-state index contributed by atoms with van der Waals surface area (Å²) < 4.78 is 1.85. The van der Waals surface area contributed by atoms with Gasteiger partial charge in [0.2, 0.25) is 0 Å². The number of rotatable bonds is 5. The maximum Gasteiger partial charge on any atom is 0.260 e. The van der Waals surface area contributed by atoms with Gasteiger partial charge in [0, 0.05) is 17.5 Å². The second-order valence-corrected chi connectivity index (χ2v) is 4.61. The third-order valence-corrected chi connectivity index (χ3v) is 3.03. The molecule has 0 bridgehead atoms. The van der Waals surface area contributed by atoms with Gasteiger partial charge in [0.1, 0.15) is 0 Å². The van der Waals surface area contributed by atoms with Crippen molar-refractivity contribution in [3.63, 3.8) is 0 Å². The number of unbranched alkanes of at least 4 members (excludes halogenated alkanes) is 3.